The highest BCUT2D eigenvalue weighted by atomic mass is 16.5. The van der Waals surface area contributed by atoms with Crippen molar-refractivity contribution in [3.8, 4) is 11.4 Å². The number of methoxy groups -OCH3 is 1. The monoisotopic (exact) mass is 352 g/mol. The van der Waals surface area contributed by atoms with Gasteiger partial charge in [0.15, 0.2) is 11.2 Å². The molecular weight excluding hydrogens is 332 g/mol. The molecule has 4 rings (SSSR count). The average molecular weight is 352 g/mol. The highest BCUT2D eigenvalue weighted by Gasteiger charge is 2.30. The van der Waals surface area contributed by atoms with E-state index in [-0.39, 0.29) is 11.5 Å². The molecule has 0 radical (unpaired) electrons. The molecule has 0 saturated carbocycles. The SMILES string of the molecule is COCc1cc(=O)cc(N2CCCC2c2cc(-c3ccccn3)no2)[nH]1. The van der Waals surface area contributed by atoms with E-state index in [2.05, 4.69) is 20.0 Å². The van der Waals surface area contributed by atoms with E-state index in [1.807, 2.05) is 24.3 Å². The van der Waals surface area contributed by atoms with Crippen LogP contribution in [0.15, 0.2) is 51.9 Å². The van der Waals surface area contributed by atoms with E-state index in [0.717, 1.165) is 42.4 Å². The Balaban J connectivity index is 1.63. The van der Waals surface area contributed by atoms with E-state index >= 15 is 0 Å². The molecule has 1 N–H and O–H groups in total. The quantitative estimate of drug-likeness (QED) is 0.760. The first kappa shape index (κ1) is 16.5. The fourth-order valence-corrected chi connectivity index (χ4v) is 3.40. The van der Waals surface area contributed by atoms with Gasteiger partial charge in [0.2, 0.25) is 0 Å². The lowest BCUT2D eigenvalue weighted by Crippen LogP contribution is -2.25. The van der Waals surface area contributed by atoms with Gasteiger partial charge in [0.05, 0.1) is 18.3 Å². The lowest BCUT2D eigenvalue weighted by Gasteiger charge is -2.24. The molecule has 0 amide bonds. The van der Waals surface area contributed by atoms with E-state index in [0.29, 0.717) is 12.3 Å². The number of anilines is 1. The third-order valence-electron chi connectivity index (χ3n) is 4.53. The number of hydrogen-bond acceptors (Lipinski definition) is 6. The van der Waals surface area contributed by atoms with Crippen LogP contribution in [-0.2, 0) is 11.3 Å². The standard InChI is InChI=1S/C19H20N4O3/c1-25-12-13-9-14(24)10-19(21-13)23-8-4-6-17(23)18-11-16(22-26-18)15-5-2-3-7-20-15/h2-3,5,7,9-11,17H,4,6,8,12H2,1H3,(H,21,24). The van der Waals surface area contributed by atoms with Crippen LogP contribution in [0, 0.1) is 0 Å². The molecule has 26 heavy (non-hydrogen) atoms. The zero-order chi connectivity index (χ0) is 17.9. The summed E-state index contributed by atoms with van der Waals surface area (Å²) in [6.07, 6.45) is 3.69. The Morgan fingerprint density at radius 2 is 2.23 bits per heavy atom. The molecule has 1 fully saturated rings. The van der Waals surface area contributed by atoms with Gasteiger partial charge < -0.3 is 19.1 Å². The molecule has 0 spiro atoms. The van der Waals surface area contributed by atoms with Crippen molar-refractivity contribution < 1.29 is 9.26 Å². The van der Waals surface area contributed by atoms with Crippen LogP contribution in [0.5, 0.6) is 0 Å². The van der Waals surface area contributed by atoms with Gasteiger partial charge in [-0.15, -0.1) is 0 Å². The van der Waals surface area contributed by atoms with Gasteiger partial charge in [-0.05, 0) is 25.0 Å². The maximum absolute atomic E-state index is 12.0. The first-order chi connectivity index (χ1) is 12.7. The lowest BCUT2D eigenvalue weighted by atomic mass is 10.1. The zero-order valence-corrected chi connectivity index (χ0v) is 14.5. The fourth-order valence-electron chi connectivity index (χ4n) is 3.40. The first-order valence-corrected chi connectivity index (χ1v) is 8.61. The first-order valence-electron chi connectivity index (χ1n) is 8.61. The minimum absolute atomic E-state index is 0.0356. The molecule has 3 aromatic rings. The average Bonchev–Trinajstić information content (AvgIpc) is 3.31. The molecule has 1 aliphatic rings. The molecule has 1 saturated heterocycles. The number of nitrogens with zero attached hydrogens (tertiary/aromatic N) is 3. The summed E-state index contributed by atoms with van der Waals surface area (Å²) in [5, 5.41) is 4.17. The Hall–Kier alpha value is -2.93. The molecule has 7 nitrogen and oxygen atoms in total. The molecule has 7 heteroatoms. The Labute approximate surface area is 150 Å². The third kappa shape index (κ3) is 3.25. The molecule has 1 unspecified atom stereocenters. The van der Waals surface area contributed by atoms with Crippen LogP contribution < -0.4 is 10.3 Å². The Morgan fingerprint density at radius 3 is 3.04 bits per heavy atom. The molecule has 1 aliphatic heterocycles. The third-order valence-corrected chi connectivity index (χ3v) is 4.53. The van der Waals surface area contributed by atoms with Crippen LogP contribution >= 0.6 is 0 Å². The van der Waals surface area contributed by atoms with Crippen molar-refractivity contribution in [3.05, 3.63) is 64.3 Å². The van der Waals surface area contributed by atoms with Crippen molar-refractivity contribution in [1.82, 2.24) is 15.1 Å². The Bertz CT molecular complexity index is 935. The predicted octanol–water partition coefficient (Wildman–Crippen LogP) is 2.91. The molecule has 3 aromatic heterocycles. The number of rotatable bonds is 5. The summed E-state index contributed by atoms with van der Waals surface area (Å²) >= 11 is 0. The largest absolute Gasteiger partial charge is 0.378 e. The second kappa shape index (κ2) is 7.13. The van der Waals surface area contributed by atoms with Crippen molar-refractivity contribution in [2.45, 2.75) is 25.5 Å². The lowest BCUT2D eigenvalue weighted by molar-refractivity contribution is 0.181. The smallest absolute Gasteiger partial charge is 0.184 e. The van der Waals surface area contributed by atoms with Crippen molar-refractivity contribution in [3.63, 3.8) is 0 Å². The van der Waals surface area contributed by atoms with E-state index in [4.69, 9.17) is 9.26 Å². The van der Waals surface area contributed by atoms with Gasteiger partial charge in [0.25, 0.3) is 0 Å². The number of hydrogen-bond donors (Lipinski definition) is 1. The van der Waals surface area contributed by atoms with Crippen LogP contribution in [0.25, 0.3) is 11.4 Å². The summed E-state index contributed by atoms with van der Waals surface area (Å²) in [6, 6.07) is 10.8. The molecule has 1 atom stereocenters. The maximum Gasteiger partial charge on any atom is 0.184 e. The van der Waals surface area contributed by atoms with E-state index in [1.165, 1.54) is 0 Å². The fraction of sp³-hybridized carbons (Fsp3) is 0.316. The maximum atomic E-state index is 12.0. The van der Waals surface area contributed by atoms with Crippen LogP contribution in [0.1, 0.15) is 30.3 Å². The van der Waals surface area contributed by atoms with Gasteiger partial charge in [-0.1, -0.05) is 11.2 Å². The van der Waals surface area contributed by atoms with E-state index < -0.39 is 0 Å². The molecule has 0 aliphatic carbocycles. The summed E-state index contributed by atoms with van der Waals surface area (Å²) in [5.41, 5.74) is 2.22. The number of aromatic nitrogens is 3. The van der Waals surface area contributed by atoms with Crippen LogP contribution in [0.2, 0.25) is 0 Å². The van der Waals surface area contributed by atoms with Gasteiger partial charge >= 0.3 is 0 Å². The van der Waals surface area contributed by atoms with Crippen molar-refractivity contribution in [1.29, 1.82) is 0 Å². The van der Waals surface area contributed by atoms with Crippen molar-refractivity contribution >= 4 is 5.82 Å². The highest BCUT2D eigenvalue weighted by molar-refractivity contribution is 5.54. The zero-order valence-electron chi connectivity index (χ0n) is 14.5. The second-order valence-corrected chi connectivity index (χ2v) is 6.34. The molecule has 134 valence electrons. The summed E-state index contributed by atoms with van der Waals surface area (Å²) in [5.74, 6) is 1.56. The molecular formula is C19H20N4O3. The summed E-state index contributed by atoms with van der Waals surface area (Å²) < 4.78 is 10.8. The van der Waals surface area contributed by atoms with E-state index in [9.17, 15) is 4.79 Å². The summed E-state index contributed by atoms with van der Waals surface area (Å²) in [7, 11) is 1.61. The van der Waals surface area contributed by atoms with Crippen molar-refractivity contribution in [2.75, 3.05) is 18.6 Å². The minimum Gasteiger partial charge on any atom is -0.378 e. The van der Waals surface area contributed by atoms with Gasteiger partial charge in [-0.2, -0.15) is 0 Å². The van der Waals surface area contributed by atoms with Crippen LogP contribution in [-0.4, -0.2) is 28.8 Å². The van der Waals surface area contributed by atoms with Crippen LogP contribution in [0.3, 0.4) is 0 Å². The second-order valence-electron chi connectivity index (χ2n) is 6.34. The predicted molar refractivity (Wildman–Crippen MR) is 96.8 cm³/mol. The number of ether oxygens (including phenoxy) is 1. The highest BCUT2D eigenvalue weighted by Crippen LogP contribution is 2.36. The number of aromatic amines is 1. The minimum atomic E-state index is -0.0387. The van der Waals surface area contributed by atoms with E-state index in [1.54, 1.807) is 25.4 Å². The normalized spacial score (nSPS) is 17.0. The van der Waals surface area contributed by atoms with Gasteiger partial charge in [-0.25, -0.2) is 0 Å². The summed E-state index contributed by atoms with van der Waals surface area (Å²) in [4.78, 5) is 21.8. The Kier molecular flexibility index (Phi) is 4.53. The topological polar surface area (TPSA) is 84.2 Å². The Morgan fingerprint density at radius 1 is 1.31 bits per heavy atom. The molecule has 4 heterocycles. The van der Waals surface area contributed by atoms with Gasteiger partial charge in [-0.3, -0.25) is 9.78 Å². The molecule has 0 bridgehead atoms. The van der Waals surface area contributed by atoms with Gasteiger partial charge in [0.1, 0.15) is 11.5 Å². The molecule has 0 aromatic carbocycles. The van der Waals surface area contributed by atoms with Crippen LogP contribution in [0.4, 0.5) is 5.82 Å². The summed E-state index contributed by atoms with van der Waals surface area (Å²) in [6.45, 7) is 1.21. The van der Waals surface area contributed by atoms with Crippen molar-refractivity contribution in [2.24, 2.45) is 0 Å². The number of pyridine rings is 2. The number of nitrogens with one attached hydrogen (secondary N) is 1. The van der Waals surface area contributed by atoms with Gasteiger partial charge in [0, 0.05) is 43.7 Å². The number of H-pyrrole nitrogens is 1.